The second kappa shape index (κ2) is 13.9. The van der Waals surface area contributed by atoms with Gasteiger partial charge in [0.1, 0.15) is 36.9 Å². The molecule has 0 aromatic heterocycles. The van der Waals surface area contributed by atoms with Gasteiger partial charge < -0.3 is 29.0 Å². The predicted octanol–water partition coefficient (Wildman–Crippen LogP) is 1.81. The molecular weight excluding hydrogens is 486 g/mol. The number of rotatable bonds is 11. The minimum atomic E-state index is -1.23. The van der Waals surface area contributed by atoms with Crippen molar-refractivity contribution in [2.75, 3.05) is 86.0 Å². The molecule has 0 unspecified atom stereocenters. The Bertz CT molecular complexity index is 996. The van der Waals surface area contributed by atoms with Crippen LogP contribution in [-0.2, 0) is 20.8 Å². The summed E-state index contributed by atoms with van der Waals surface area (Å²) in [7, 11) is 1.50. The first kappa shape index (κ1) is 28.3. The van der Waals surface area contributed by atoms with Gasteiger partial charge in [0.15, 0.2) is 0 Å². The maximum absolute atomic E-state index is 12.6. The van der Waals surface area contributed by atoms with Gasteiger partial charge in [0.05, 0.1) is 19.8 Å². The normalized spacial score (nSPS) is 21.2. The summed E-state index contributed by atoms with van der Waals surface area (Å²) in [4.78, 5) is 18.8. The summed E-state index contributed by atoms with van der Waals surface area (Å²) < 4.78 is 22.4. The minimum Gasteiger partial charge on any atom is -0.492 e. The number of benzene rings is 2. The highest BCUT2D eigenvalue weighted by Gasteiger charge is 2.37. The Labute approximate surface area is 225 Å². The van der Waals surface area contributed by atoms with Gasteiger partial charge in [0.25, 0.3) is 0 Å². The topological polar surface area (TPSA) is 83.9 Å². The lowest BCUT2D eigenvalue weighted by Crippen LogP contribution is -2.52. The van der Waals surface area contributed by atoms with Gasteiger partial charge in [-0.3, -0.25) is 14.6 Å². The smallest absolute Gasteiger partial charge is 0.248 e. The first-order chi connectivity index (χ1) is 18.4. The van der Waals surface area contributed by atoms with Gasteiger partial charge in [-0.15, -0.1) is 0 Å². The van der Waals surface area contributed by atoms with E-state index in [0.29, 0.717) is 38.5 Å². The Kier molecular flexibility index (Phi) is 10.4. The molecule has 0 saturated carbocycles. The van der Waals surface area contributed by atoms with Crippen molar-refractivity contribution >= 4 is 5.91 Å². The van der Waals surface area contributed by atoms with Crippen molar-refractivity contribution in [3.05, 3.63) is 59.7 Å². The van der Waals surface area contributed by atoms with E-state index in [1.807, 2.05) is 43.3 Å². The zero-order valence-electron chi connectivity index (χ0n) is 22.6. The minimum absolute atomic E-state index is 0.0120. The van der Waals surface area contributed by atoms with E-state index in [4.69, 9.17) is 18.9 Å². The number of aliphatic hydroxyl groups is 1. The summed E-state index contributed by atoms with van der Waals surface area (Å²) in [6.45, 7) is 9.47. The molecule has 2 heterocycles. The molecule has 0 aliphatic carbocycles. The fraction of sp³-hybridized carbons (Fsp3) is 0.552. The molecular formula is C29H41N3O6. The summed E-state index contributed by atoms with van der Waals surface area (Å²) in [5, 5.41) is 11.6. The molecule has 2 saturated heterocycles. The summed E-state index contributed by atoms with van der Waals surface area (Å²) >= 11 is 0. The highest BCUT2D eigenvalue weighted by molar-refractivity contribution is 5.77. The van der Waals surface area contributed by atoms with Crippen molar-refractivity contribution in [1.82, 2.24) is 14.7 Å². The van der Waals surface area contributed by atoms with E-state index < -0.39 is 5.60 Å². The fourth-order valence-electron chi connectivity index (χ4n) is 4.81. The third-order valence-corrected chi connectivity index (χ3v) is 6.95. The Morgan fingerprint density at radius 3 is 2.32 bits per heavy atom. The monoisotopic (exact) mass is 527 g/mol. The highest BCUT2D eigenvalue weighted by atomic mass is 16.5. The summed E-state index contributed by atoms with van der Waals surface area (Å²) in [5.41, 5.74) is 1.03. The summed E-state index contributed by atoms with van der Waals surface area (Å²) in [6, 6.07) is 15.8. The van der Waals surface area contributed by atoms with Crippen LogP contribution in [-0.4, -0.2) is 117 Å². The predicted molar refractivity (Wildman–Crippen MR) is 145 cm³/mol. The molecule has 2 aromatic carbocycles. The van der Waals surface area contributed by atoms with Crippen molar-refractivity contribution in [3.8, 4) is 11.5 Å². The molecule has 1 atom stereocenters. The van der Waals surface area contributed by atoms with Crippen molar-refractivity contribution < 1.29 is 28.8 Å². The number of β-amino-alcohol motifs (C(OH)–C–C–N with tert-alkyl or cyclic N) is 1. The molecule has 2 aliphatic heterocycles. The van der Waals surface area contributed by atoms with E-state index in [1.54, 1.807) is 4.90 Å². The molecule has 0 radical (unpaired) electrons. The Morgan fingerprint density at radius 1 is 0.921 bits per heavy atom. The first-order valence-electron chi connectivity index (χ1n) is 13.4. The Balaban J connectivity index is 1.35. The van der Waals surface area contributed by atoms with E-state index in [-0.39, 0.29) is 25.7 Å². The fourth-order valence-corrected chi connectivity index (χ4v) is 4.81. The van der Waals surface area contributed by atoms with E-state index in [9.17, 15) is 9.90 Å². The third-order valence-electron chi connectivity index (χ3n) is 6.95. The number of aryl methyl sites for hydroxylation is 1. The number of methoxy groups -OCH3 is 1. The number of carbonyl (C=O) groups is 1. The van der Waals surface area contributed by atoms with E-state index >= 15 is 0 Å². The maximum Gasteiger partial charge on any atom is 0.248 e. The Hall–Kier alpha value is -2.69. The molecule has 2 aromatic rings. The van der Waals surface area contributed by atoms with Gasteiger partial charge in [-0.25, -0.2) is 0 Å². The van der Waals surface area contributed by atoms with Crippen LogP contribution >= 0.6 is 0 Å². The summed E-state index contributed by atoms with van der Waals surface area (Å²) in [6.07, 6.45) is 0. The van der Waals surface area contributed by atoms with Crippen LogP contribution in [0, 0.1) is 6.92 Å². The molecule has 2 aliphatic rings. The van der Waals surface area contributed by atoms with E-state index in [2.05, 4.69) is 21.9 Å². The number of amides is 1. The maximum atomic E-state index is 12.6. The van der Waals surface area contributed by atoms with Crippen molar-refractivity contribution in [2.45, 2.75) is 19.1 Å². The van der Waals surface area contributed by atoms with Crippen molar-refractivity contribution in [3.63, 3.8) is 0 Å². The van der Waals surface area contributed by atoms with E-state index in [0.717, 1.165) is 49.7 Å². The zero-order valence-corrected chi connectivity index (χ0v) is 22.6. The van der Waals surface area contributed by atoms with Gasteiger partial charge in [-0.1, -0.05) is 29.8 Å². The molecule has 0 bridgehead atoms. The lowest BCUT2D eigenvalue weighted by atomic mass is 10.0. The van der Waals surface area contributed by atoms with Crippen LogP contribution in [0.2, 0.25) is 0 Å². The zero-order chi connectivity index (χ0) is 26.8. The second-order valence-corrected chi connectivity index (χ2v) is 10.2. The Morgan fingerprint density at radius 2 is 1.61 bits per heavy atom. The van der Waals surface area contributed by atoms with Gasteiger partial charge in [0, 0.05) is 52.9 Å². The van der Waals surface area contributed by atoms with Crippen LogP contribution in [0.5, 0.6) is 11.5 Å². The average molecular weight is 528 g/mol. The van der Waals surface area contributed by atoms with Crippen LogP contribution in [0.4, 0.5) is 0 Å². The van der Waals surface area contributed by atoms with Crippen LogP contribution in [0.1, 0.15) is 11.1 Å². The van der Waals surface area contributed by atoms with Crippen LogP contribution in [0.25, 0.3) is 0 Å². The lowest BCUT2D eigenvalue weighted by molar-refractivity contribution is -0.138. The number of morpholine rings is 1. The molecule has 0 spiro atoms. The van der Waals surface area contributed by atoms with Crippen molar-refractivity contribution in [1.29, 1.82) is 0 Å². The largest absolute Gasteiger partial charge is 0.492 e. The standard InChI is InChI=1S/C29H41N3O6/c1-24-3-7-27(8-4-24)38-23-29(34)21-31(11-12-32(22-29)28(33)20-35-2)19-25-5-9-26(10-6-25)37-18-15-30-13-16-36-17-14-30/h3-10,34H,11-23H2,1-2H3/t29-/m1/s1. The molecule has 9 heteroatoms. The molecule has 1 N–H and O–H groups in total. The van der Waals surface area contributed by atoms with Crippen molar-refractivity contribution in [2.24, 2.45) is 0 Å². The van der Waals surface area contributed by atoms with Crippen LogP contribution in [0.3, 0.4) is 0 Å². The number of hydrogen-bond donors (Lipinski definition) is 1. The number of carbonyl (C=O) groups excluding carboxylic acids is 1. The molecule has 38 heavy (non-hydrogen) atoms. The van der Waals surface area contributed by atoms with Gasteiger partial charge in [0.2, 0.25) is 5.91 Å². The molecule has 1 amide bonds. The number of hydrogen-bond acceptors (Lipinski definition) is 8. The van der Waals surface area contributed by atoms with Crippen LogP contribution in [0.15, 0.2) is 48.5 Å². The molecule has 4 rings (SSSR count). The molecule has 9 nitrogen and oxygen atoms in total. The van der Waals surface area contributed by atoms with E-state index in [1.165, 1.54) is 7.11 Å². The van der Waals surface area contributed by atoms with Gasteiger partial charge in [-0.05, 0) is 36.8 Å². The third kappa shape index (κ3) is 8.68. The van der Waals surface area contributed by atoms with Gasteiger partial charge in [-0.2, -0.15) is 0 Å². The number of nitrogens with zero attached hydrogens (tertiary/aromatic N) is 3. The quantitative estimate of drug-likeness (QED) is 0.474. The molecule has 2 fully saturated rings. The summed E-state index contributed by atoms with van der Waals surface area (Å²) in [5.74, 6) is 1.40. The lowest BCUT2D eigenvalue weighted by Gasteiger charge is -2.33. The second-order valence-electron chi connectivity index (χ2n) is 10.2. The highest BCUT2D eigenvalue weighted by Crippen LogP contribution is 2.21. The average Bonchev–Trinajstić information content (AvgIpc) is 3.09. The molecule has 208 valence electrons. The van der Waals surface area contributed by atoms with Crippen LogP contribution < -0.4 is 9.47 Å². The SMILES string of the molecule is COCC(=O)N1CCN(Cc2ccc(OCCN3CCOCC3)cc2)C[C@](O)(COc2ccc(C)cc2)C1. The van der Waals surface area contributed by atoms with Gasteiger partial charge >= 0.3 is 0 Å². The number of ether oxygens (including phenoxy) is 4. The first-order valence-corrected chi connectivity index (χ1v) is 13.4.